The van der Waals surface area contributed by atoms with E-state index in [1.165, 1.54) is 199 Å². The van der Waals surface area contributed by atoms with E-state index in [0.717, 1.165) is 115 Å². The largest absolute Gasteiger partial charge is 0.472 e. The average molecular weight is 1400 g/mol. The highest BCUT2D eigenvalue weighted by molar-refractivity contribution is 7.47. The predicted molar refractivity (Wildman–Crippen MR) is 386 cm³/mol. The molecule has 17 nitrogen and oxygen atoms in total. The normalized spacial score (nSPS) is 14.0. The Kier molecular flexibility index (Phi) is 66.5. The first-order chi connectivity index (χ1) is 45.9. The summed E-state index contributed by atoms with van der Waals surface area (Å²) < 4.78 is 68.4. The van der Waals surface area contributed by atoms with Crippen LogP contribution in [-0.4, -0.2) is 96.7 Å². The number of phosphoric acid groups is 2. The molecule has 0 radical (unpaired) electrons. The predicted octanol–water partition coefficient (Wildman–Crippen LogP) is 22.3. The Hall–Kier alpha value is -1.94. The third-order valence-corrected chi connectivity index (χ3v) is 19.6. The summed E-state index contributed by atoms with van der Waals surface area (Å²) in [6.45, 7) is 9.59. The SMILES string of the molecule is CCCCCCCCCCCCCCCCCCCC(=O)O[C@H](COC(=O)CCCCCCCCCCCCCCCC(C)C)COP(=O)(O)OC[C@@H](O)COP(=O)(O)OC[C@@H](COC(=O)CCCCCCCCC)OC(=O)CCCCCCCCCCCCCCC(C)C. The second-order valence-corrected chi connectivity index (χ2v) is 31.3. The maximum Gasteiger partial charge on any atom is 0.472 e. The summed E-state index contributed by atoms with van der Waals surface area (Å²) >= 11 is 0. The Morgan fingerprint density at radius 1 is 0.284 bits per heavy atom. The number of phosphoric ester groups is 2. The van der Waals surface area contributed by atoms with Crippen LogP contribution in [0.3, 0.4) is 0 Å². The fourth-order valence-electron chi connectivity index (χ4n) is 11.7. The smallest absolute Gasteiger partial charge is 0.462 e. The summed E-state index contributed by atoms with van der Waals surface area (Å²) in [4.78, 5) is 72.7. The highest BCUT2D eigenvalue weighted by Crippen LogP contribution is 2.45. The van der Waals surface area contributed by atoms with Gasteiger partial charge in [0.2, 0.25) is 0 Å². The number of carbonyl (C=O) groups is 4. The minimum absolute atomic E-state index is 0.107. The molecule has 564 valence electrons. The zero-order valence-corrected chi connectivity index (χ0v) is 63.8. The van der Waals surface area contributed by atoms with Crippen LogP contribution in [-0.2, 0) is 65.4 Å². The van der Waals surface area contributed by atoms with E-state index in [4.69, 9.17) is 37.0 Å². The van der Waals surface area contributed by atoms with Crippen LogP contribution in [0.1, 0.15) is 395 Å². The van der Waals surface area contributed by atoms with Gasteiger partial charge < -0.3 is 33.8 Å². The van der Waals surface area contributed by atoms with Crippen molar-refractivity contribution in [2.75, 3.05) is 39.6 Å². The number of aliphatic hydroxyl groups excluding tert-OH is 1. The van der Waals surface area contributed by atoms with Crippen LogP contribution in [0.15, 0.2) is 0 Å². The van der Waals surface area contributed by atoms with Crippen molar-refractivity contribution in [3.63, 3.8) is 0 Å². The van der Waals surface area contributed by atoms with E-state index in [2.05, 4.69) is 41.5 Å². The first-order valence-corrected chi connectivity index (χ1v) is 42.5. The van der Waals surface area contributed by atoms with Crippen LogP contribution in [0.25, 0.3) is 0 Å². The monoisotopic (exact) mass is 1400 g/mol. The molecule has 0 aromatic heterocycles. The molecule has 0 aromatic carbocycles. The molecular formula is C76H148O17P2. The lowest BCUT2D eigenvalue weighted by Gasteiger charge is -2.21. The summed E-state index contributed by atoms with van der Waals surface area (Å²) in [5.74, 6) is -0.550. The molecule has 0 rings (SSSR count). The fraction of sp³-hybridized carbons (Fsp3) is 0.947. The van der Waals surface area contributed by atoms with Gasteiger partial charge in [-0.2, -0.15) is 0 Å². The topological polar surface area (TPSA) is 237 Å². The molecule has 0 fully saturated rings. The zero-order chi connectivity index (χ0) is 70.0. The van der Waals surface area contributed by atoms with Gasteiger partial charge in [-0.05, 0) is 37.5 Å². The average Bonchev–Trinajstić information content (AvgIpc) is 1.36. The Morgan fingerprint density at radius 3 is 0.716 bits per heavy atom. The lowest BCUT2D eigenvalue weighted by atomic mass is 10.0. The van der Waals surface area contributed by atoms with Crippen molar-refractivity contribution in [1.82, 2.24) is 0 Å². The molecule has 0 amide bonds. The van der Waals surface area contributed by atoms with Crippen molar-refractivity contribution < 1.29 is 80.2 Å². The summed E-state index contributed by atoms with van der Waals surface area (Å²) in [6, 6.07) is 0. The van der Waals surface area contributed by atoms with Crippen LogP contribution in [0.5, 0.6) is 0 Å². The van der Waals surface area contributed by atoms with Crippen molar-refractivity contribution in [2.24, 2.45) is 11.8 Å². The first-order valence-electron chi connectivity index (χ1n) is 39.5. The van der Waals surface area contributed by atoms with Gasteiger partial charge in [-0.3, -0.25) is 37.3 Å². The Bertz CT molecular complexity index is 1840. The second-order valence-electron chi connectivity index (χ2n) is 28.3. The van der Waals surface area contributed by atoms with Gasteiger partial charge in [0.05, 0.1) is 26.4 Å². The third-order valence-electron chi connectivity index (χ3n) is 17.7. The number of rotatable bonds is 75. The molecule has 0 bridgehead atoms. The number of hydrogen-bond donors (Lipinski definition) is 3. The van der Waals surface area contributed by atoms with Gasteiger partial charge in [0, 0.05) is 25.7 Å². The summed E-state index contributed by atoms with van der Waals surface area (Å²) in [5, 5.41) is 10.6. The molecule has 19 heteroatoms. The fourth-order valence-corrected chi connectivity index (χ4v) is 13.2. The Labute approximate surface area is 581 Å². The standard InChI is InChI=1S/C76H148O17P2/c1-7-9-11-13-15-16-17-18-19-20-21-24-31-36-42-48-54-60-76(81)93-72(65-87-74(79)59-53-47-41-35-30-25-22-23-28-33-39-44-50-56-68(3)4)67-91-95(84,85)89-63-70(77)62-88-94(82,83)90-66-71(64-86-73(78)58-52-46-38-14-12-10-8-2)92-75(80)61-55-49-43-37-32-27-26-29-34-40-45-51-57-69(5)6/h68-72,77H,7-67H2,1-6H3,(H,82,83)(H,84,85)/t70-,71+,72+/m0/s1. The van der Waals surface area contributed by atoms with Crippen LogP contribution >= 0.6 is 15.6 Å². The van der Waals surface area contributed by atoms with E-state index in [0.29, 0.717) is 25.7 Å². The van der Waals surface area contributed by atoms with Gasteiger partial charge in [-0.25, -0.2) is 9.13 Å². The summed E-state index contributed by atoms with van der Waals surface area (Å²) in [6.07, 6.45) is 55.6. The van der Waals surface area contributed by atoms with Gasteiger partial charge in [0.25, 0.3) is 0 Å². The van der Waals surface area contributed by atoms with Crippen molar-refractivity contribution in [2.45, 2.75) is 413 Å². The van der Waals surface area contributed by atoms with Gasteiger partial charge in [0.15, 0.2) is 12.2 Å². The molecule has 0 aromatic rings. The van der Waals surface area contributed by atoms with Crippen molar-refractivity contribution >= 4 is 39.5 Å². The molecule has 0 saturated heterocycles. The number of carbonyl (C=O) groups excluding carboxylic acids is 4. The van der Waals surface area contributed by atoms with E-state index in [1.54, 1.807) is 0 Å². The zero-order valence-electron chi connectivity index (χ0n) is 62.0. The summed E-state index contributed by atoms with van der Waals surface area (Å²) in [5.41, 5.74) is 0. The minimum atomic E-state index is -4.96. The minimum Gasteiger partial charge on any atom is -0.462 e. The second kappa shape index (κ2) is 67.9. The molecule has 0 aliphatic carbocycles. The number of aliphatic hydroxyl groups is 1. The molecule has 0 heterocycles. The first kappa shape index (κ1) is 93.1. The van der Waals surface area contributed by atoms with Crippen LogP contribution in [0.2, 0.25) is 0 Å². The van der Waals surface area contributed by atoms with Gasteiger partial charge >= 0.3 is 39.5 Å². The molecule has 5 atom stereocenters. The van der Waals surface area contributed by atoms with Crippen molar-refractivity contribution in [3.05, 3.63) is 0 Å². The lowest BCUT2D eigenvalue weighted by molar-refractivity contribution is -0.161. The highest BCUT2D eigenvalue weighted by Gasteiger charge is 2.30. The van der Waals surface area contributed by atoms with Crippen molar-refractivity contribution in [3.8, 4) is 0 Å². The molecule has 0 saturated carbocycles. The maximum atomic E-state index is 13.1. The number of esters is 4. The number of hydrogen-bond acceptors (Lipinski definition) is 15. The van der Waals surface area contributed by atoms with Gasteiger partial charge in [0.1, 0.15) is 19.3 Å². The molecule has 0 aliphatic heterocycles. The van der Waals surface area contributed by atoms with Crippen LogP contribution < -0.4 is 0 Å². The third kappa shape index (κ3) is 70.3. The summed E-state index contributed by atoms with van der Waals surface area (Å²) in [7, 11) is -9.91. The van der Waals surface area contributed by atoms with E-state index >= 15 is 0 Å². The quantitative estimate of drug-likeness (QED) is 0.0222. The van der Waals surface area contributed by atoms with Crippen molar-refractivity contribution in [1.29, 1.82) is 0 Å². The van der Waals surface area contributed by atoms with Crippen LogP contribution in [0.4, 0.5) is 0 Å². The molecule has 95 heavy (non-hydrogen) atoms. The molecule has 0 aliphatic rings. The number of unbranched alkanes of at least 4 members (excludes halogenated alkanes) is 45. The van der Waals surface area contributed by atoms with Gasteiger partial charge in [-0.1, -0.05) is 343 Å². The lowest BCUT2D eigenvalue weighted by Crippen LogP contribution is -2.30. The van der Waals surface area contributed by atoms with E-state index in [-0.39, 0.29) is 25.7 Å². The molecule has 0 spiro atoms. The molecule has 3 N–H and O–H groups in total. The number of ether oxygens (including phenoxy) is 4. The van der Waals surface area contributed by atoms with Gasteiger partial charge in [-0.15, -0.1) is 0 Å². The molecule has 2 unspecified atom stereocenters. The van der Waals surface area contributed by atoms with E-state index in [1.807, 2.05) is 0 Å². The van der Waals surface area contributed by atoms with Crippen LogP contribution in [0, 0.1) is 11.8 Å². The van der Waals surface area contributed by atoms with E-state index < -0.39 is 97.5 Å². The molecular weight excluding hydrogens is 1250 g/mol. The highest BCUT2D eigenvalue weighted by atomic mass is 31.2. The maximum absolute atomic E-state index is 13.1. The van der Waals surface area contributed by atoms with E-state index in [9.17, 15) is 43.2 Å². The Morgan fingerprint density at radius 2 is 0.484 bits per heavy atom. The Balaban J connectivity index is 5.20.